The number of aromatic amines is 1. The van der Waals surface area contributed by atoms with Crippen LogP contribution in [-0.2, 0) is 13.0 Å². The first kappa shape index (κ1) is 23.8. The summed E-state index contributed by atoms with van der Waals surface area (Å²) in [4.78, 5) is 20.2. The highest BCUT2D eigenvalue weighted by atomic mass is 16.5. The smallest absolute Gasteiger partial charge is 0.249 e. The number of aliphatic hydroxyl groups excluding tert-OH is 1. The van der Waals surface area contributed by atoms with Crippen LogP contribution in [0.5, 0.6) is 11.5 Å². The Labute approximate surface area is 219 Å². The number of hydrogen-bond acceptors (Lipinski definition) is 5. The lowest BCUT2D eigenvalue weighted by Crippen LogP contribution is -2.21. The van der Waals surface area contributed by atoms with Gasteiger partial charge in [-0.3, -0.25) is 9.78 Å². The van der Waals surface area contributed by atoms with Crippen LogP contribution in [0, 0.1) is 0 Å². The third-order valence-corrected chi connectivity index (χ3v) is 7.29. The highest BCUT2D eigenvalue weighted by Gasteiger charge is 2.30. The third kappa shape index (κ3) is 3.97. The minimum Gasteiger partial charge on any atom is -0.496 e. The SMILES string of the molecule is COc1cc2c(cc1-c1cccnc1)COc1ccc(C(N)=O)c([C@H](CO)Cc3c[nH]c4ccccc34)c1-2. The number of pyridine rings is 1. The number of aromatic nitrogens is 2. The fourth-order valence-electron chi connectivity index (χ4n) is 5.51. The second-order valence-corrected chi connectivity index (χ2v) is 9.45. The predicted molar refractivity (Wildman–Crippen MR) is 146 cm³/mol. The topological polar surface area (TPSA) is 110 Å². The maximum absolute atomic E-state index is 12.7. The molecular weight excluding hydrogens is 478 g/mol. The van der Waals surface area contributed by atoms with Crippen molar-refractivity contribution < 1.29 is 19.4 Å². The average molecular weight is 506 g/mol. The minimum atomic E-state index is -0.550. The van der Waals surface area contributed by atoms with Gasteiger partial charge in [0.15, 0.2) is 0 Å². The molecule has 0 radical (unpaired) electrons. The fourth-order valence-corrected chi connectivity index (χ4v) is 5.51. The van der Waals surface area contributed by atoms with Crippen molar-refractivity contribution in [2.24, 2.45) is 5.73 Å². The summed E-state index contributed by atoms with van der Waals surface area (Å²) < 4.78 is 12.0. The van der Waals surface area contributed by atoms with Gasteiger partial charge in [-0.05, 0) is 65.1 Å². The molecule has 6 rings (SSSR count). The summed E-state index contributed by atoms with van der Waals surface area (Å²) in [5.74, 6) is 0.375. The Morgan fingerprint density at radius 2 is 2.03 bits per heavy atom. The van der Waals surface area contributed by atoms with E-state index in [2.05, 4.69) is 9.97 Å². The van der Waals surface area contributed by atoms with Crippen molar-refractivity contribution in [1.29, 1.82) is 0 Å². The molecule has 7 nitrogen and oxygen atoms in total. The predicted octanol–water partition coefficient (Wildman–Crippen LogP) is 5.22. The fraction of sp³-hybridized carbons (Fsp3) is 0.161. The molecule has 0 saturated heterocycles. The van der Waals surface area contributed by atoms with Gasteiger partial charge < -0.3 is 25.3 Å². The lowest BCUT2D eigenvalue weighted by atomic mass is 9.80. The minimum absolute atomic E-state index is 0.170. The molecule has 38 heavy (non-hydrogen) atoms. The number of benzene rings is 3. The maximum Gasteiger partial charge on any atom is 0.249 e. The number of rotatable bonds is 7. The monoisotopic (exact) mass is 505 g/mol. The molecule has 1 amide bonds. The van der Waals surface area contributed by atoms with Crippen molar-refractivity contribution in [3.8, 4) is 33.8 Å². The standard InChI is InChI=1S/C31H27N3O4/c1-37-28-13-25-21(12-24(28)18-5-4-10-33-14-18)17-38-27-9-8-23(31(32)36)29(30(25)27)20(16-35)11-19-15-34-26-7-3-2-6-22(19)26/h2-10,12-15,20,34-35H,11,16-17H2,1H3,(H2,32,36)/t20-/m0/s1. The molecule has 2 aromatic heterocycles. The molecular formula is C31H27N3O4. The Hall–Kier alpha value is -4.62. The number of aliphatic hydroxyl groups is 1. The quantitative estimate of drug-likeness (QED) is 0.281. The molecule has 0 fully saturated rings. The summed E-state index contributed by atoms with van der Waals surface area (Å²) in [6.45, 7) is 0.192. The summed E-state index contributed by atoms with van der Waals surface area (Å²) in [5, 5.41) is 11.7. The van der Waals surface area contributed by atoms with Gasteiger partial charge in [0.2, 0.25) is 5.91 Å². The van der Waals surface area contributed by atoms with Crippen LogP contribution in [0.3, 0.4) is 0 Å². The molecule has 190 valence electrons. The van der Waals surface area contributed by atoms with Crippen molar-refractivity contribution in [2.75, 3.05) is 13.7 Å². The zero-order valence-corrected chi connectivity index (χ0v) is 20.9. The maximum atomic E-state index is 12.7. The van der Waals surface area contributed by atoms with E-state index in [-0.39, 0.29) is 6.61 Å². The van der Waals surface area contributed by atoms with Crippen molar-refractivity contribution >= 4 is 16.8 Å². The number of hydrogen-bond donors (Lipinski definition) is 3. The Morgan fingerprint density at radius 1 is 1.16 bits per heavy atom. The van der Waals surface area contributed by atoms with Gasteiger partial charge in [-0.1, -0.05) is 24.3 Å². The molecule has 1 aliphatic rings. The van der Waals surface area contributed by atoms with Gasteiger partial charge in [-0.15, -0.1) is 0 Å². The zero-order valence-electron chi connectivity index (χ0n) is 20.9. The molecule has 0 unspecified atom stereocenters. The highest BCUT2D eigenvalue weighted by molar-refractivity contribution is 5.99. The molecule has 5 aromatic rings. The summed E-state index contributed by atoms with van der Waals surface area (Å²) in [6, 6.07) is 19.4. The van der Waals surface area contributed by atoms with E-state index >= 15 is 0 Å². The van der Waals surface area contributed by atoms with Crippen LogP contribution in [0.4, 0.5) is 0 Å². The van der Waals surface area contributed by atoms with Gasteiger partial charge in [0.25, 0.3) is 0 Å². The van der Waals surface area contributed by atoms with E-state index in [4.69, 9.17) is 15.2 Å². The normalized spacial score (nSPS) is 12.9. The first-order valence-corrected chi connectivity index (χ1v) is 12.5. The van der Waals surface area contributed by atoms with Gasteiger partial charge in [0.05, 0.1) is 13.7 Å². The van der Waals surface area contributed by atoms with Crippen LogP contribution in [0.1, 0.15) is 33.0 Å². The Kier molecular flexibility index (Phi) is 6.05. The zero-order chi connectivity index (χ0) is 26.2. The van der Waals surface area contributed by atoms with E-state index in [1.54, 1.807) is 31.6 Å². The van der Waals surface area contributed by atoms with Crippen molar-refractivity contribution in [1.82, 2.24) is 9.97 Å². The van der Waals surface area contributed by atoms with Crippen LogP contribution >= 0.6 is 0 Å². The summed E-state index contributed by atoms with van der Waals surface area (Å²) in [7, 11) is 1.64. The van der Waals surface area contributed by atoms with Crippen LogP contribution < -0.4 is 15.2 Å². The van der Waals surface area contributed by atoms with Crippen LogP contribution in [0.25, 0.3) is 33.2 Å². The molecule has 3 heterocycles. The molecule has 3 aromatic carbocycles. The lowest BCUT2D eigenvalue weighted by Gasteiger charge is -2.29. The van der Waals surface area contributed by atoms with Crippen molar-refractivity contribution in [3.05, 3.63) is 102 Å². The summed E-state index contributed by atoms with van der Waals surface area (Å²) >= 11 is 0. The number of primary amides is 1. The van der Waals surface area contributed by atoms with Crippen LogP contribution in [-0.4, -0.2) is 34.7 Å². The van der Waals surface area contributed by atoms with E-state index in [1.807, 2.05) is 54.7 Å². The third-order valence-electron chi connectivity index (χ3n) is 7.29. The second-order valence-electron chi connectivity index (χ2n) is 9.45. The molecule has 1 aliphatic heterocycles. The van der Waals surface area contributed by atoms with Crippen LogP contribution in [0.2, 0.25) is 0 Å². The molecule has 7 heteroatoms. The number of amides is 1. The van der Waals surface area contributed by atoms with Gasteiger partial charge in [-0.25, -0.2) is 0 Å². The van der Waals surface area contributed by atoms with E-state index in [0.29, 0.717) is 35.7 Å². The number of methoxy groups -OCH3 is 1. The number of nitrogens with two attached hydrogens (primary N) is 1. The Morgan fingerprint density at radius 3 is 2.79 bits per heavy atom. The second kappa shape index (κ2) is 9.68. The van der Waals surface area contributed by atoms with E-state index < -0.39 is 11.8 Å². The number of nitrogens with one attached hydrogen (secondary N) is 1. The molecule has 0 bridgehead atoms. The van der Waals surface area contributed by atoms with Crippen molar-refractivity contribution in [2.45, 2.75) is 18.9 Å². The molecule has 0 spiro atoms. The molecule has 4 N–H and O–H groups in total. The Balaban J connectivity index is 1.54. The molecule has 0 saturated carbocycles. The number of para-hydroxylation sites is 1. The van der Waals surface area contributed by atoms with Crippen molar-refractivity contribution in [3.63, 3.8) is 0 Å². The first-order valence-electron chi connectivity index (χ1n) is 12.5. The van der Waals surface area contributed by atoms with Crippen LogP contribution in [0.15, 0.2) is 79.3 Å². The van der Waals surface area contributed by atoms with E-state index in [9.17, 15) is 9.90 Å². The van der Waals surface area contributed by atoms with Gasteiger partial charge in [0.1, 0.15) is 18.1 Å². The first-order chi connectivity index (χ1) is 18.6. The highest BCUT2D eigenvalue weighted by Crippen LogP contribution is 2.48. The van der Waals surface area contributed by atoms with Gasteiger partial charge >= 0.3 is 0 Å². The lowest BCUT2D eigenvalue weighted by molar-refractivity contribution is 0.0998. The summed E-state index contributed by atoms with van der Waals surface area (Å²) in [5.41, 5.74) is 13.4. The number of nitrogens with zero attached hydrogens (tertiary/aromatic N) is 1. The Bertz CT molecular complexity index is 1660. The van der Waals surface area contributed by atoms with Gasteiger partial charge in [-0.2, -0.15) is 0 Å². The van der Waals surface area contributed by atoms with Gasteiger partial charge in [0, 0.05) is 57.7 Å². The van der Waals surface area contributed by atoms with E-state index in [1.165, 1.54) is 0 Å². The number of fused-ring (bicyclic) bond motifs is 4. The number of carbonyl (C=O) groups excluding carboxylic acids is 1. The largest absolute Gasteiger partial charge is 0.496 e. The molecule has 1 atom stereocenters. The average Bonchev–Trinajstić information content (AvgIpc) is 3.37. The number of H-pyrrole nitrogens is 1. The number of ether oxygens (including phenoxy) is 2. The molecule has 0 aliphatic carbocycles. The summed E-state index contributed by atoms with van der Waals surface area (Å²) in [6.07, 6.45) is 5.99. The van der Waals surface area contributed by atoms with E-state index in [0.717, 1.165) is 44.3 Å². The number of carbonyl (C=O) groups is 1.